The summed E-state index contributed by atoms with van der Waals surface area (Å²) in [7, 11) is -0.847. The number of nitrogens with one attached hydrogen (secondary N) is 2. The molecule has 124 valence electrons. The van der Waals surface area contributed by atoms with E-state index >= 15 is 0 Å². The van der Waals surface area contributed by atoms with Crippen LogP contribution >= 0.6 is 0 Å². The van der Waals surface area contributed by atoms with Gasteiger partial charge in [-0.1, -0.05) is 6.07 Å². The first-order valence-corrected chi connectivity index (χ1v) is 8.29. The van der Waals surface area contributed by atoms with E-state index in [1.54, 1.807) is 26.2 Å². The van der Waals surface area contributed by atoms with Gasteiger partial charge in [0.05, 0.1) is 13.7 Å². The minimum absolute atomic E-state index is 0.0159. The molecule has 0 saturated carbocycles. The van der Waals surface area contributed by atoms with Gasteiger partial charge >= 0.3 is 0 Å². The molecule has 0 radical (unpaired) electrons. The van der Waals surface area contributed by atoms with E-state index in [0.29, 0.717) is 19.6 Å². The molecule has 1 amide bonds. The lowest BCUT2D eigenvalue weighted by atomic mass is 10.2. The molecule has 0 bridgehead atoms. The van der Waals surface area contributed by atoms with Crippen LogP contribution in [0, 0.1) is 6.92 Å². The largest absolute Gasteiger partial charge is 0.495 e. The average molecular weight is 330 g/mol. The molecule has 1 aromatic rings. The van der Waals surface area contributed by atoms with Crippen molar-refractivity contribution < 1.29 is 22.7 Å². The molecular formula is C14H22N2O5S. The molecule has 0 aliphatic carbocycles. The highest BCUT2D eigenvalue weighted by atomic mass is 32.2. The lowest BCUT2D eigenvalue weighted by molar-refractivity contribution is -0.120. The van der Waals surface area contributed by atoms with Gasteiger partial charge < -0.3 is 14.8 Å². The van der Waals surface area contributed by atoms with Gasteiger partial charge in [0.2, 0.25) is 15.9 Å². The van der Waals surface area contributed by atoms with Crippen LogP contribution in [0.5, 0.6) is 5.75 Å². The number of carbonyl (C=O) groups is 1. The van der Waals surface area contributed by atoms with E-state index in [0.717, 1.165) is 5.56 Å². The van der Waals surface area contributed by atoms with Crippen LogP contribution in [0.3, 0.4) is 0 Å². The normalized spacial score (nSPS) is 11.2. The van der Waals surface area contributed by atoms with E-state index in [4.69, 9.17) is 9.47 Å². The number of ether oxygens (including phenoxy) is 2. The van der Waals surface area contributed by atoms with Gasteiger partial charge in [0.15, 0.2) is 0 Å². The van der Waals surface area contributed by atoms with Crippen LogP contribution in [0.4, 0.5) is 0 Å². The third-order valence-electron chi connectivity index (χ3n) is 2.88. The lowest BCUT2D eigenvalue weighted by Crippen LogP contribution is -2.37. The highest BCUT2D eigenvalue weighted by Gasteiger charge is 2.20. The number of sulfonamides is 1. The van der Waals surface area contributed by atoms with Crippen molar-refractivity contribution in [3.8, 4) is 5.75 Å². The van der Waals surface area contributed by atoms with Crippen molar-refractivity contribution in [2.45, 2.75) is 18.2 Å². The maximum atomic E-state index is 12.3. The Balaban J connectivity index is 2.64. The topological polar surface area (TPSA) is 93.7 Å². The van der Waals surface area contributed by atoms with Gasteiger partial charge in [0.1, 0.15) is 10.6 Å². The maximum Gasteiger partial charge on any atom is 0.244 e. The van der Waals surface area contributed by atoms with E-state index in [1.165, 1.54) is 13.2 Å². The van der Waals surface area contributed by atoms with Gasteiger partial charge in [-0.15, -0.1) is 0 Å². The van der Waals surface area contributed by atoms with Crippen LogP contribution < -0.4 is 14.8 Å². The summed E-state index contributed by atoms with van der Waals surface area (Å²) in [6.07, 6.45) is 0.667. The fourth-order valence-corrected chi connectivity index (χ4v) is 2.97. The van der Waals surface area contributed by atoms with E-state index in [-0.39, 0.29) is 17.2 Å². The fraction of sp³-hybridized carbons (Fsp3) is 0.500. The van der Waals surface area contributed by atoms with Gasteiger partial charge in [-0.25, -0.2) is 13.1 Å². The first-order valence-electron chi connectivity index (χ1n) is 6.80. The number of methoxy groups -OCH3 is 2. The smallest absolute Gasteiger partial charge is 0.244 e. The van der Waals surface area contributed by atoms with Crippen LogP contribution in [0.25, 0.3) is 0 Å². The zero-order chi connectivity index (χ0) is 16.6. The molecule has 0 spiro atoms. The van der Waals surface area contributed by atoms with Crippen molar-refractivity contribution in [1.29, 1.82) is 0 Å². The van der Waals surface area contributed by atoms with Crippen LogP contribution in [0.15, 0.2) is 23.1 Å². The van der Waals surface area contributed by atoms with Gasteiger partial charge in [0.25, 0.3) is 0 Å². The first-order chi connectivity index (χ1) is 10.4. The second-order valence-corrected chi connectivity index (χ2v) is 6.41. The summed E-state index contributed by atoms with van der Waals surface area (Å²) >= 11 is 0. The molecule has 0 aromatic heterocycles. The third kappa shape index (κ3) is 5.63. The average Bonchev–Trinajstić information content (AvgIpc) is 2.49. The van der Waals surface area contributed by atoms with Gasteiger partial charge in [-0.05, 0) is 31.0 Å². The Morgan fingerprint density at radius 2 is 2.00 bits per heavy atom. The summed E-state index contributed by atoms with van der Waals surface area (Å²) < 4.78 is 36.7. The molecule has 0 heterocycles. The van der Waals surface area contributed by atoms with Crippen molar-refractivity contribution in [3.05, 3.63) is 23.8 Å². The summed E-state index contributed by atoms with van der Waals surface area (Å²) in [5.41, 5.74) is 0.783. The molecule has 8 heteroatoms. The lowest BCUT2D eigenvalue weighted by Gasteiger charge is -2.11. The Kier molecular flexibility index (Phi) is 7.30. The highest BCUT2D eigenvalue weighted by molar-refractivity contribution is 7.89. The van der Waals surface area contributed by atoms with Crippen molar-refractivity contribution in [3.63, 3.8) is 0 Å². The minimum atomic E-state index is -3.82. The summed E-state index contributed by atoms with van der Waals surface area (Å²) in [5, 5.41) is 2.60. The number of benzene rings is 1. The quantitative estimate of drug-likeness (QED) is 0.641. The molecule has 2 N–H and O–H groups in total. The van der Waals surface area contributed by atoms with E-state index in [1.807, 2.05) is 0 Å². The SMILES string of the molecule is COCCCNC(=O)CNS(=O)(=O)c1cc(C)ccc1OC. The monoisotopic (exact) mass is 330 g/mol. The van der Waals surface area contributed by atoms with Crippen LogP contribution in [0.2, 0.25) is 0 Å². The second-order valence-electron chi connectivity index (χ2n) is 4.68. The minimum Gasteiger partial charge on any atom is -0.495 e. The Bertz CT molecular complexity index is 601. The molecule has 22 heavy (non-hydrogen) atoms. The number of amides is 1. The molecule has 0 aliphatic heterocycles. The number of hydrogen-bond donors (Lipinski definition) is 2. The van der Waals surface area contributed by atoms with E-state index in [9.17, 15) is 13.2 Å². The van der Waals surface area contributed by atoms with Crippen LogP contribution in [-0.2, 0) is 19.6 Å². The Morgan fingerprint density at radius 1 is 1.27 bits per heavy atom. The zero-order valence-electron chi connectivity index (χ0n) is 13.0. The van der Waals surface area contributed by atoms with Crippen molar-refractivity contribution in [2.24, 2.45) is 0 Å². The Morgan fingerprint density at radius 3 is 2.64 bits per heavy atom. The Hall–Kier alpha value is -1.64. The van der Waals surface area contributed by atoms with Gasteiger partial charge in [-0.2, -0.15) is 0 Å². The maximum absolute atomic E-state index is 12.3. The molecule has 7 nitrogen and oxygen atoms in total. The fourth-order valence-electron chi connectivity index (χ4n) is 1.74. The molecule has 0 unspecified atom stereocenters. The molecule has 0 aliphatic rings. The third-order valence-corrected chi connectivity index (χ3v) is 4.30. The number of hydrogen-bond acceptors (Lipinski definition) is 5. The predicted molar refractivity (Wildman–Crippen MR) is 82.4 cm³/mol. The van der Waals surface area contributed by atoms with Crippen molar-refractivity contribution in [1.82, 2.24) is 10.0 Å². The highest BCUT2D eigenvalue weighted by Crippen LogP contribution is 2.24. The van der Waals surface area contributed by atoms with Gasteiger partial charge in [0, 0.05) is 20.3 Å². The van der Waals surface area contributed by atoms with Gasteiger partial charge in [-0.3, -0.25) is 4.79 Å². The standard InChI is InChI=1S/C14H22N2O5S/c1-11-5-6-12(21-3)13(9-11)22(18,19)16-10-14(17)15-7-4-8-20-2/h5-6,9,16H,4,7-8,10H2,1-3H3,(H,15,17). The van der Waals surface area contributed by atoms with E-state index in [2.05, 4.69) is 10.0 Å². The molecule has 1 rings (SSSR count). The number of aryl methyl sites for hydroxylation is 1. The molecular weight excluding hydrogens is 308 g/mol. The van der Waals surface area contributed by atoms with Crippen molar-refractivity contribution >= 4 is 15.9 Å². The molecule has 0 saturated heterocycles. The first kappa shape index (κ1) is 18.4. The summed E-state index contributed by atoms with van der Waals surface area (Å²) in [6.45, 7) is 2.42. The number of carbonyl (C=O) groups excluding carboxylic acids is 1. The molecule has 0 fully saturated rings. The predicted octanol–water partition coefficient (Wildman–Crippen LogP) is 0.435. The second kappa shape index (κ2) is 8.72. The zero-order valence-corrected chi connectivity index (χ0v) is 13.8. The summed E-state index contributed by atoms with van der Waals surface area (Å²) in [6, 6.07) is 4.83. The molecule has 0 atom stereocenters. The Labute approximate surface area is 131 Å². The van der Waals surface area contributed by atoms with Crippen LogP contribution in [0.1, 0.15) is 12.0 Å². The van der Waals surface area contributed by atoms with Crippen LogP contribution in [-0.4, -0.2) is 48.2 Å². The van der Waals surface area contributed by atoms with Crippen molar-refractivity contribution in [2.75, 3.05) is 33.9 Å². The summed E-state index contributed by atoms with van der Waals surface area (Å²) in [5.74, 6) is -0.162. The van der Waals surface area contributed by atoms with E-state index < -0.39 is 15.9 Å². The number of rotatable bonds is 9. The summed E-state index contributed by atoms with van der Waals surface area (Å²) in [4.78, 5) is 11.6. The molecule has 1 aromatic carbocycles.